The Morgan fingerprint density at radius 2 is 2.32 bits per heavy atom. The summed E-state index contributed by atoms with van der Waals surface area (Å²) in [6.07, 6.45) is 1.54. The first-order chi connectivity index (χ1) is 9.00. The van der Waals surface area contributed by atoms with Crippen LogP contribution < -0.4 is 11.1 Å². The molecule has 0 saturated carbocycles. The number of anilines is 1. The molecule has 0 radical (unpaired) electrons. The van der Waals surface area contributed by atoms with E-state index >= 15 is 0 Å². The van der Waals surface area contributed by atoms with Gasteiger partial charge in [0.25, 0.3) is 5.91 Å². The molecule has 0 saturated heterocycles. The van der Waals surface area contributed by atoms with Gasteiger partial charge in [0.2, 0.25) is 0 Å². The van der Waals surface area contributed by atoms with Gasteiger partial charge < -0.3 is 11.1 Å². The van der Waals surface area contributed by atoms with Gasteiger partial charge in [-0.3, -0.25) is 9.48 Å². The molecule has 2 rings (SSSR count). The lowest BCUT2D eigenvalue weighted by atomic mass is 10.2. The van der Waals surface area contributed by atoms with Crippen LogP contribution in [0.5, 0.6) is 0 Å². The van der Waals surface area contributed by atoms with Crippen molar-refractivity contribution in [2.24, 2.45) is 7.05 Å². The van der Waals surface area contributed by atoms with Crippen LogP contribution in [0.4, 0.5) is 10.2 Å². The second-order valence-corrected chi connectivity index (χ2v) is 4.37. The minimum absolute atomic E-state index is 0.0664. The van der Waals surface area contributed by atoms with Crippen LogP contribution in [-0.4, -0.2) is 15.7 Å². The van der Waals surface area contributed by atoms with E-state index in [1.165, 1.54) is 22.9 Å². The number of aromatic nitrogens is 2. The van der Waals surface area contributed by atoms with E-state index in [2.05, 4.69) is 10.4 Å². The minimum atomic E-state index is -0.663. The van der Waals surface area contributed by atoms with Crippen molar-refractivity contribution in [3.63, 3.8) is 0 Å². The molecule has 5 nitrogen and oxygen atoms in total. The Labute approximate surface area is 114 Å². The molecule has 0 spiro atoms. The van der Waals surface area contributed by atoms with E-state index in [4.69, 9.17) is 17.3 Å². The molecule has 0 aliphatic heterocycles. The average Bonchev–Trinajstić information content (AvgIpc) is 2.67. The molecule has 0 unspecified atom stereocenters. The summed E-state index contributed by atoms with van der Waals surface area (Å²) in [5.74, 6) is -0.810. The fourth-order valence-corrected chi connectivity index (χ4v) is 1.86. The van der Waals surface area contributed by atoms with E-state index in [0.29, 0.717) is 11.4 Å². The molecule has 0 bridgehead atoms. The normalized spacial score (nSPS) is 10.5. The maximum atomic E-state index is 13.5. The highest BCUT2D eigenvalue weighted by Crippen LogP contribution is 2.19. The summed E-state index contributed by atoms with van der Waals surface area (Å²) in [5.41, 5.74) is 6.22. The van der Waals surface area contributed by atoms with Gasteiger partial charge >= 0.3 is 0 Å². The van der Waals surface area contributed by atoms with Gasteiger partial charge in [-0.15, -0.1) is 0 Å². The molecule has 100 valence electrons. The maximum Gasteiger partial charge on any atom is 0.256 e. The zero-order valence-corrected chi connectivity index (χ0v) is 10.9. The minimum Gasteiger partial charge on any atom is -0.384 e. The number of nitrogen functional groups attached to an aromatic ring is 1. The van der Waals surface area contributed by atoms with Gasteiger partial charge in [-0.25, -0.2) is 4.39 Å². The number of amides is 1. The quantitative estimate of drug-likeness (QED) is 0.900. The third-order valence-electron chi connectivity index (χ3n) is 2.69. The average molecular weight is 283 g/mol. The van der Waals surface area contributed by atoms with Crippen LogP contribution in [0.3, 0.4) is 0 Å². The van der Waals surface area contributed by atoms with Gasteiger partial charge in [0.1, 0.15) is 11.6 Å². The molecule has 1 aromatic heterocycles. The van der Waals surface area contributed by atoms with Gasteiger partial charge in [-0.05, 0) is 12.1 Å². The van der Waals surface area contributed by atoms with E-state index in [-0.39, 0.29) is 17.1 Å². The molecule has 2 aromatic rings. The van der Waals surface area contributed by atoms with Crippen LogP contribution in [0, 0.1) is 5.82 Å². The third-order valence-corrected chi connectivity index (χ3v) is 3.01. The largest absolute Gasteiger partial charge is 0.384 e. The summed E-state index contributed by atoms with van der Waals surface area (Å²) in [6.45, 7) is 0.156. The first-order valence-electron chi connectivity index (χ1n) is 5.49. The van der Waals surface area contributed by atoms with Crippen LogP contribution in [0.1, 0.15) is 15.9 Å². The fraction of sp³-hybridized carbons (Fsp3) is 0.167. The van der Waals surface area contributed by atoms with E-state index in [9.17, 15) is 9.18 Å². The highest BCUT2D eigenvalue weighted by atomic mass is 35.5. The highest BCUT2D eigenvalue weighted by molar-refractivity contribution is 6.33. The Morgan fingerprint density at radius 1 is 1.58 bits per heavy atom. The second-order valence-electron chi connectivity index (χ2n) is 3.96. The number of aryl methyl sites for hydroxylation is 1. The Bertz CT molecular complexity index is 606. The Morgan fingerprint density at radius 3 is 2.89 bits per heavy atom. The van der Waals surface area contributed by atoms with Crippen molar-refractivity contribution in [2.75, 3.05) is 5.73 Å². The number of hydrogen-bond donors (Lipinski definition) is 2. The van der Waals surface area contributed by atoms with Crippen LogP contribution in [0.15, 0.2) is 24.4 Å². The van der Waals surface area contributed by atoms with Crippen molar-refractivity contribution >= 4 is 23.3 Å². The van der Waals surface area contributed by atoms with Gasteiger partial charge in [-0.1, -0.05) is 17.7 Å². The molecule has 0 fully saturated rings. The van der Waals surface area contributed by atoms with Crippen LogP contribution >= 0.6 is 11.6 Å². The topological polar surface area (TPSA) is 72.9 Å². The number of nitrogens with two attached hydrogens (primary N) is 1. The molecule has 0 aliphatic rings. The number of hydrogen-bond acceptors (Lipinski definition) is 3. The summed E-state index contributed by atoms with van der Waals surface area (Å²) in [5, 5.41) is 6.56. The van der Waals surface area contributed by atoms with Crippen LogP contribution in [0.25, 0.3) is 0 Å². The van der Waals surface area contributed by atoms with E-state index in [0.717, 1.165) is 0 Å². The number of nitrogens with one attached hydrogen (secondary N) is 1. The van der Waals surface area contributed by atoms with Gasteiger partial charge in [-0.2, -0.15) is 5.10 Å². The van der Waals surface area contributed by atoms with E-state index < -0.39 is 11.7 Å². The lowest BCUT2D eigenvalue weighted by Crippen LogP contribution is -2.24. The maximum absolute atomic E-state index is 13.5. The van der Waals surface area contributed by atoms with Gasteiger partial charge in [0.15, 0.2) is 0 Å². The molecule has 1 amide bonds. The van der Waals surface area contributed by atoms with Gasteiger partial charge in [0.05, 0.1) is 16.8 Å². The number of halogens is 2. The lowest BCUT2D eigenvalue weighted by molar-refractivity contribution is 0.0947. The molecule has 0 aliphatic carbocycles. The number of rotatable bonds is 3. The number of carbonyl (C=O) groups is 1. The molecule has 0 atom stereocenters. The first kappa shape index (κ1) is 13.4. The van der Waals surface area contributed by atoms with Crippen molar-refractivity contribution in [1.82, 2.24) is 15.1 Å². The zero-order chi connectivity index (χ0) is 14.0. The van der Waals surface area contributed by atoms with Crippen molar-refractivity contribution in [3.8, 4) is 0 Å². The Kier molecular flexibility index (Phi) is 3.71. The van der Waals surface area contributed by atoms with E-state index in [1.54, 1.807) is 13.2 Å². The summed E-state index contributed by atoms with van der Waals surface area (Å²) >= 11 is 5.80. The fourth-order valence-electron chi connectivity index (χ4n) is 1.61. The van der Waals surface area contributed by atoms with Gasteiger partial charge in [0, 0.05) is 19.2 Å². The van der Waals surface area contributed by atoms with Crippen molar-refractivity contribution in [3.05, 3.63) is 46.4 Å². The van der Waals surface area contributed by atoms with E-state index in [1.807, 2.05) is 0 Å². The molecular weight excluding hydrogens is 271 g/mol. The summed E-state index contributed by atoms with van der Waals surface area (Å²) < 4.78 is 15.0. The molecular formula is C12H12ClFN4O. The smallest absolute Gasteiger partial charge is 0.256 e. The monoisotopic (exact) mass is 282 g/mol. The second kappa shape index (κ2) is 5.27. The predicted molar refractivity (Wildman–Crippen MR) is 70.2 cm³/mol. The first-order valence-corrected chi connectivity index (χ1v) is 5.87. The van der Waals surface area contributed by atoms with Crippen molar-refractivity contribution in [2.45, 2.75) is 6.54 Å². The molecule has 1 heterocycles. The summed E-state index contributed by atoms with van der Waals surface area (Å²) in [4.78, 5) is 11.9. The molecule has 1 aromatic carbocycles. The highest BCUT2D eigenvalue weighted by Gasteiger charge is 2.16. The third kappa shape index (κ3) is 2.68. The summed E-state index contributed by atoms with van der Waals surface area (Å²) in [7, 11) is 1.69. The zero-order valence-electron chi connectivity index (χ0n) is 10.2. The van der Waals surface area contributed by atoms with Crippen molar-refractivity contribution in [1.29, 1.82) is 0 Å². The number of carbonyl (C=O) groups excluding carboxylic acids is 1. The lowest BCUT2D eigenvalue weighted by Gasteiger charge is -2.07. The number of nitrogens with zero attached hydrogens (tertiary/aromatic N) is 2. The SMILES string of the molecule is Cn1ncc(CNC(=O)c2c(F)cccc2Cl)c1N. The Hall–Kier alpha value is -2.08. The Balaban J connectivity index is 2.12. The standard InChI is InChI=1S/C12H12ClFN4O/c1-18-11(15)7(6-17-18)5-16-12(19)10-8(13)3-2-4-9(10)14/h2-4,6H,5,15H2,1H3,(H,16,19). The molecule has 7 heteroatoms. The number of benzene rings is 1. The van der Waals surface area contributed by atoms with Crippen LogP contribution in [0.2, 0.25) is 5.02 Å². The molecule has 19 heavy (non-hydrogen) atoms. The predicted octanol–water partition coefficient (Wildman–Crippen LogP) is 1.72. The van der Waals surface area contributed by atoms with Crippen LogP contribution in [-0.2, 0) is 13.6 Å². The van der Waals surface area contributed by atoms with Crippen molar-refractivity contribution < 1.29 is 9.18 Å². The summed E-state index contributed by atoms with van der Waals surface area (Å²) in [6, 6.07) is 4.07. The molecule has 3 N–H and O–H groups in total.